The Bertz CT molecular complexity index is 886. The van der Waals surface area contributed by atoms with Crippen molar-refractivity contribution in [1.29, 1.82) is 0 Å². The molecule has 0 unspecified atom stereocenters. The normalized spacial score (nSPS) is 12.3. The minimum Gasteiger partial charge on any atom is -0.489 e. The molecule has 0 saturated heterocycles. The summed E-state index contributed by atoms with van der Waals surface area (Å²) >= 11 is 0. The van der Waals surface area contributed by atoms with Crippen LogP contribution in [0.4, 0.5) is 5.69 Å². The van der Waals surface area contributed by atoms with E-state index in [1.54, 1.807) is 0 Å². The lowest BCUT2D eigenvalue weighted by Crippen LogP contribution is -2.05. The van der Waals surface area contributed by atoms with Crippen LogP contribution in [0.1, 0.15) is 27.0 Å². The number of rotatable bonds is 5. The summed E-state index contributed by atoms with van der Waals surface area (Å²) in [7, 11) is 0. The molecule has 0 saturated carbocycles. The maximum atomic E-state index is 12.8. The Balaban J connectivity index is 1.49. The van der Waals surface area contributed by atoms with E-state index in [0.717, 1.165) is 35.5 Å². The first-order valence-corrected chi connectivity index (χ1v) is 8.48. The van der Waals surface area contributed by atoms with E-state index in [9.17, 15) is 4.79 Å². The van der Waals surface area contributed by atoms with Crippen LogP contribution in [0, 0.1) is 0 Å². The van der Waals surface area contributed by atoms with Crippen LogP contribution in [-0.4, -0.2) is 12.3 Å². The van der Waals surface area contributed by atoms with E-state index in [1.165, 1.54) is 5.56 Å². The molecule has 1 N–H and O–H groups in total. The summed E-state index contributed by atoms with van der Waals surface area (Å²) in [4.78, 5) is 12.8. The summed E-state index contributed by atoms with van der Waals surface area (Å²) in [5.41, 5.74) is 4.74. The van der Waals surface area contributed by atoms with Crippen molar-refractivity contribution in [1.82, 2.24) is 0 Å². The molecule has 0 bridgehead atoms. The van der Waals surface area contributed by atoms with Crippen LogP contribution in [0.15, 0.2) is 72.8 Å². The molecule has 0 atom stereocenters. The van der Waals surface area contributed by atoms with E-state index < -0.39 is 0 Å². The van der Waals surface area contributed by atoms with Gasteiger partial charge in [0.05, 0.1) is 0 Å². The molecular weight excluding hydrogens is 310 g/mol. The number of ether oxygens (including phenoxy) is 1. The number of benzene rings is 3. The van der Waals surface area contributed by atoms with Crippen LogP contribution in [0.25, 0.3) is 0 Å². The first-order chi connectivity index (χ1) is 12.3. The molecule has 0 amide bonds. The van der Waals surface area contributed by atoms with E-state index in [-0.39, 0.29) is 5.78 Å². The molecule has 1 aliphatic rings. The minimum absolute atomic E-state index is 0.0425. The smallest absolute Gasteiger partial charge is 0.195 e. The van der Waals surface area contributed by atoms with Crippen molar-refractivity contribution in [3.63, 3.8) is 0 Å². The largest absolute Gasteiger partial charge is 0.489 e. The Labute approximate surface area is 147 Å². The highest BCUT2D eigenvalue weighted by Crippen LogP contribution is 2.28. The fraction of sp³-hybridized carbons (Fsp3) is 0.136. The summed E-state index contributed by atoms with van der Waals surface area (Å²) in [5.74, 6) is 0.803. The lowest BCUT2D eigenvalue weighted by molar-refractivity contribution is 0.103. The number of hydrogen-bond acceptors (Lipinski definition) is 3. The Morgan fingerprint density at radius 2 is 1.72 bits per heavy atom. The molecule has 3 heteroatoms. The number of para-hydroxylation sites is 1. The zero-order chi connectivity index (χ0) is 17.1. The number of nitrogens with one attached hydrogen (secondary N) is 1. The molecule has 0 fully saturated rings. The number of carbonyl (C=O) groups is 1. The second kappa shape index (κ2) is 6.81. The zero-order valence-electron chi connectivity index (χ0n) is 13.9. The van der Waals surface area contributed by atoms with Crippen LogP contribution < -0.4 is 10.1 Å². The van der Waals surface area contributed by atoms with Crippen molar-refractivity contribution < 1.29 is 9.53 Å². The van der Waals surface area contributed by atoms with Gasteiger partial charge >= 0.3 is 0 Å². The van der Waals surface area contributed by atoms with Crippen molar-refractivity contribution >= 4 is 11.5 Å². The van der Waals surface area contributed by atoms with Crippen LogP contribution in [0.5, 0.6) is 5.75 Å². The maximum absolute atomic E-state index is 12.8. The van der Waals surface area contributed by atoms with E-state index in [2.05, 4.69) is 11.4 Å². The van der Waals surface area contributed by atoms with Crippen molar-refractivity contribution in [3.8, 4) is 5.75 Å². The van der Waals surface area contributed by atoms with Gasteiger partial charge in [-0.25, -0.2) is 0 Å². The van der Waals surface area contributed by atoms with Gasteiger partial charge in [-0.2, -0.15) is 0 Å². The fourth-order valence-corrected chi connectivity index (χ4v) is 3.13. The lowest BCUT2D eigenvalue weighted by atomic mass is 9.99. The fourth-order valence-electron chi connectivity index (χ4n) is 3.13. The number of fused-ring (bicyclic) bond motifs is 1. The summed E-state index contributed by atoms with van der Waals surface area (Å²) in [5, 5.41) is 3.32. The van der Waals surface area contributed by atoms with Gasteiger partial charge in [0.15, 0.2) is 5.78 Å². The Morgan fingerprint density at radius 1 is 0.920 bits per heavy atom. The molecule has 1 heterocycles. The highest BCUT2D eigenvalue weighted by Gasteiger charge is 2.19. The molecule has 0 spiro atoms. The molecule has 4 rings (SSSR count). The van der Waals surface area contributed by atoms with Crippen molar-refractivity contribution in [2.45, 2.75) is 13.0 Å². The lowest BCUT2D eigenvalue weighted by Gasteiger charge is -2.09. The maximum Gasteiger partial charge on any atom is 0.195 e. The molecule has 3 nitrogen and oxygen atoms in total. The third-order valence-electron chi connectivity index (χ3n) is 4.46. The number of hydrogen-bond donors (Lipinski definition) is 1. The summed E-state index contributed by atoms with van der Waals surface area (Å²) in [6, 6.07) is 23.3. The zero-order valence-corrected chi connectivity index (χ0v) is 13.9. The predicted octanol–water partition coefficient (Wildman–Crippen LogP) is 4.46. The third-order valence-corrected chi connectivity index (χ3v) is 4.46. The highest BCUT2D eigenvalue weighted by atomic mass is 16.5. The van der Waals surface area contributed by atoms with Crippen molar-refractivity contribution in [2.24, 2.45) is 0 Å². The average molecular weight is 329 g/mol. The van der Waals surface area contributed by atoms with Gasteiger partial charge in [0, 0.05) is 23.4 Å². The SMILES string of the molecule is O=C(c1ccc(OCc2ccccc2)cc1)c1cccc2c1NCC2. The predicted molar refractivity (Wildman–Crippen MR) is 99.3 cm³/mol. The number of anilines is 1. The molecule has 124 valence electrons. The monoisotopic (exact) mass is 329 g/mol. The van der Waals surface area contributed by atoms with Gasteiger partial charge in [0.2, 0.25) is 0 Å². The van der Waals surface area contributed by atoms with E-state index in [4.69, 9.17) is 4.74 Å². The molecule has 0 aliphatic carbocycles. The first kappa shape index (κ1) is 15.5. The van der Waals surface area contributed by atoms with Gasteiger partial charge in [0.25, 0.3) is 0 Å². The number of ketones is 1. The quantitative estimate of drug-likeness (QED) is 0.702. The van der Waals surface area contributed by atoms with Crippen molar-refractivity contribution in [2.75, 3.05) is 11.9 Å². The van der Waals surface area contributed by atoms with Gasteiger partial charge in [-0.15, -0.1) is 0 Å². The van der Waals surface area contributed by atoms with Gasteiger partial charge in [-0.1, -0.05) is 42.5 Å². The van der Waals surface area contributed by atoms with E-state index in [1.807, 2.05) is 66.7 Å². The van der Waals surface area contributed by atoms with Crippen LogP contribution in [-0.2, 0) is 13.0 Å². The standard InChI is InChI=1S/C22H19NO2/c24-22(20-8-4-7-17-13-14-23-21(17)20)18-9-11-19(12-10-18)25-15-16-5-2-1-3-6-16/h1-12,23H,13-15H2. The topological polar surface area (TPSA) is 38.3 Å². The van der Waals surface area contributed by atoms with Crippen molar-refractivity contribution in [3.05, 3.63) is 95.1 Å². The summed E-state index contributed by atoms with van der Waals surface area (Å²) < 4.78 is 5.78. The average Bonchev–Trinajstić information content (AvgIpc) is 3.16. The molecule has 3 aromatic rings. The highest BCUT2D eigenvalue weighted by molar-refractivity contribution is 6.12. The molecule has 0 radical (unpaired) electrons. The molecular formula is C22H19NO2. The molecule has 1 aliphatic heterocycles. The van der Waals surface area contributed by atoms with Gasteiger partial charge in [-0.05, 0) is 47.9 Å². The van der Waals surface area contributed by atoms with Crippen LogP contribution in [0.3, 0.4) is 0 Å². The Kier molecular flexibility index (Phi) is 4.21. The van der Waals surface area contributed by atoms with E-state index >= 15 is 0 Å². The van der Waals surface area contributed by atoms with E-state index in [0.29, 0.717) is 12.2 Å². The Hall–Kier alpha value is -3.07. The summed E-state index contributed by atoms with van der Waals surface area (Å²) in [6.07, 6.45) is 0.975. The molecule has 25 heavy (non-hydrogen) atoms. The Morgan fingerprint density at radius 3 is 2.52 bits per heavy atom. The third kappa shape index (κ3) is 3.26. The minimum atomic E-state index is 0.0425. The van der Waals surface area contributed by atoms with Crippen LogP contribution in [0.2, 0.25) is 0 Å². The second-order valence-electron chi connectivity index (χ2n) is 6.14. The molecule has 3 aromatic carbocycles. The summed E-state index contributed by atoms with van der Waals surface area (Å²) in [6.45, 7) is 1.41. The van der Waals surface area contributed by atoms with Gasteiger partial charge < -0.3 is 10.1 Å². The molecule has 0 aromatic heterocycles. The van der Waals surface area contributed by atoms with Gasteiger partial charge in [-0.3, -0.25) is 4.79 Å². The van der Waals surface area contributed by atoms with Crippen LogP contribution >= 0.6 is 0 Å². The van der Waals surface area contributed by atoms with Gasteiger partial charge in [0.1, 0.15) is 12.4 Å². The first-order valence-electron chi connectivity index (χ1n) is 8.48. The second-order valence-corrected chi connectivity index (χ2v) is 6.14. The number of carbonyl (C=O) groups excluding carboxylic acids is 1.